The lowest BCUT2D eigenvalue weighted by Gasteiger charge is -2.07. The molecule has 1 nitrogen and oxygen atoms in total. The summed E-state index contributed by atoms with van der Waals surface area (Å²) in [5, 5.41) is 0. The summed E-state index contributed by atoms with van der Waals surface area (Å²) in [7, 11) is 0. The van der Waals surface area contributed by atoms with Crippen LogP contribution in [-0.4, -0.2) is 0 Å². The van der Waals surface area contributed by atoms with E-state index in [2.05, 4.69) is 0 Å². The highest BCUT2D eigenvalue weighted by Gasteiger charge is 2.02. The second kappa shape index (κ2) is 5.12. The lowest BCUT2D eigenvalue weighted by molar-refractivity contribution is 0.616. The van der Waals surface area contributed by atoms with Crippen LogP contribution >= 0.6 is 12.4 Å². The predicted octanol–water partition coefficient (Wildman–Crippen LogP) is 2.66. The normalized spacial score (nSPS) is 11.9. The van der Waals surface area contributed by atoms with Crippen molar-refractivity contribution in [3.63, 3.8) is 0 Å². The Morgan fingerprint density at radius 2 is 2.17 bits per heavy atom. The molecule has 2 N–H and O–H groups in total. The zero-order valence-electron chi connectivity index (χ0n) is 6.96. The molecule has 0 aliphatic carbocycles. The molecule has 0 aliphatic heterocycles. The first-order chi connectivity index (χ1) is 5.24. The van der Waals surface area contributed by atoms with Gasteiger partial charge in [0.15, 0.2) is 0 Å². The first-order valence-corrected chi connectivity index (χ1v) is 3.75. The molecule has 0 amide bonds. The molecule has 1 aromatic carbocycles. The van der Waals surface area contributed by atoms with Crippen LogP contribution in [0.5, 0.6) is 0 Å². The Kier molecular flexibility index (Phi) is 4.86. The summed E-state index contributed by atoms with van der Waals surface area (Å²) < 4.78 is 12.6. The van der Waals surface area contributed by atoms with Crippen molar-refractivity contribution in [1.82, 2.24) is 0 Å². The van der Waals surface area contributed by atoms with Crippen molar-refractivity contribution in [1.29, 1.82) is 0 Å². The van der Waals surface area contributed by atoms with Crippen molar-refractivity contribution < 1.29 is 4.39 Å². The molecule has 1 rings (SSSR count). The Morgan fingerprint density at radius 3 is 2.67 bits per heavy atom. The fourth-order valence-corrected chi connectivity index (χ4v) is 0.973. The molecule has 1 atom stereocenters. The van der Waals surface area contributed by atoms with Gasteiger partial charge in [-0.3, -0.25) is 0 Å². The molecule has 0 aromatic heterocycles. The maximum absolute atomic E-state index is 12.6. The van der Waals surface area contributed by atoms with E-state index in [1.807, 2.05) is 13.0 Å². The molecule has 0 fully saturated rings. The third kappa shape index (κ3) is 2.80. The highest BCUT2D eigenvalue weighted by Crippen LogP contribution is 2.13. The zero-order chi connectivity index (χ0) is 8.27. The van der Waals surface area contributed by atoms with Crippen LogP contribution in [-0.2, 0) is 0 Å². The molecule has 0 heterocycles. The first-order valence-electron chi connectivity index (χ1n) is 3.75. The smallest absolute Gasteiger partial charge is 0.123 e. The third-order valence-corrected chi connectivity index (χ3v) is 1.72. The summed E-state index contributed by atoms with van der Waals surface area (Å²) in [6, 6.07) is 6.39. The summed E-state index contributed by atoms with van der Waals surface area (Å²) in [6.45, 7) is 1.98. The van der Waals surface area contributed by atoms with E-state index in [0.717, 1.165) is 12.0 Å². The molecule has 0 aliphatic rings. The highest BCUT2D eigenvalue weighted by molar-refractivity contribution is 5.85. The first kappa shape index (κ1) is 11.4. The number of rotatable bonds is 2. The van der Waals surface area contributed by atoms with E-state index in [-0.39, 0.29) is 24.3 Å². The molecule has 0 bridgehead atoms. The topological polar surface area (TPSA) is 26.0 Å². The maximum Gasteiger partial charge on any atom is 0.123 e. The minimum atomic E-state index is -0.216. The van der Waals surface area contributed by atoms with Gasteiger partial charge in [0.2, 0.25) is 0 Å². The van der Waals surface area contributed by atoms with Gasteiger partial charge in [0, 0.05) is 6.04 Å². The summed E-state index contributed by atoms with van der Waals surface area (Å²) >= 11 is 0. The predicted molar refractivity (Wildman–Crippen MR) is 50.9 cm³/mol. The number of nitrogens with two attached hydrogens (primary N) is 1. The molecule has 0 radical (unpaired) electrons. The van der Waals surface area contributed by atoms with E-state index in [9.17, 15) is 4.39 Å². The standard InChI is InChI=1S/C9H12FN.ClH/c1-2-9(11)7-4-3-5-8(10)6-7;/h3-6,9H,2,11H2,1H3;1H. The van der Waals surface area contributed by atoms with Crippen molar-refractivity contribution in [2.75, 3.05) is 0 Å². The van der Waals surface area contributed by atoms with Crippen molar-refractivity contribution in [2.24, 2.45) is 5.73 Å². The van der Waals surface area contributed by atoms with Gasteiger partial charge in [-0.15, -0.1) is 12.4 Å². The van der Waals surface area contributed by atoms with Gasteiger partial charge in [-0.25, -0.2) is 4.39 Å². The van der Waals surface area contributed by atoms with Crippen LogP contribution in [0.2, 0.25) is 0 Å². The summed E-state index contributed by atoms with van der Waals surface area (Å²) in [5.74, 6) is -0.216. The largest absolute Gasteiger partial charge is 0.324 e. The molecule has 3 heteroatoms. The Labute approximate surface area is 78.2 Å². The Morgan fingerprint density at radius 1 is 1.50 bits per heavy atom. The molecular formula is C9H13ClFN. The van der Waals surface area contributed by atoms with Crippen LogP contribution < -0.4 is 5.73 Å². The van der Waals surface area contributed by atoms with Gasteiger partial charge in [0.25, 0.3) is 0 Å². The zero-order valence-corrected chi connectivity index (χ0v) is 7.77. The monoisotopic (exact) mass is 189 g/mol. The van der Waals surface area contributed by atoms with Gasteiger partial charge in [-0.1, -0.05) is 19.1 Å². The Balaban J connectivity index is 0.00000121. The van der Waals surface area contributed by atoms with Crippen LogP contribution in [0.15, 0.2) is 24.3 Å². The van der Waals surface area contributed by atoms with E-state index in [1.54, 1.807) is 6.07 Å². The average Bonchev–Trinajstić information content (AvgIpc) is 2.03. The lowest BCUT2D eigenvalue weighted by atomic mass is 10.1. The van der Waals surface area contributed by atoms with E-state index >= 15 is 0 Å². The second-order valence-electron chi connectivity index (χ2n) is 2.57. The highest BCUT2D eigenvalue weighted by atomic mass is 35.5. The van der Waals surface area contributed by atoms with Gasteiger partial charge in [-0.2, -0.15) is 0 Å². The minimum absolute atomic E-state index is 0. The van der Waals surface area contributed by atoms with E-state index in [1.165, 1.54) is 12.1 Å². The third-order valence-electron chi connectivity index (χ3n) is 1.72. The van der Waals surface area contributed by atoms with Crippen LogP contribution in [0.25, 0.3) is 0 Å². The second-order valence-corrected chi connectivity index (χ2v) is 2.57. The summed E-state index contributed by atoms with van der Waals surface area (Å²) in [4.78, 5) is 0. The van der Waals surface area contributed by atoms with E-state index in [0.29, 0.717) is 0 Å². The number of halogens is 2. The van der Waals surface area contributed by atoms with Gasteiger partial charge in [0.05, 0.1) is 0 Å². The van der Waals surface area contributed by atoms with Crippen molar-refractivity contribution in [2.45, 2.75) is 19.4 Å². The number of benzene rings is 1. The van der Waals surface area contributed by atoms with Crippen LogP contribution in [0.4, 0.5) is 4.39 Å². The summed E-state index contributed by atoms with van der Waals surface area (Å²) in [6.07, 6.45) is 0.837. The van der Waals surface area contributed by atoms with Crippen LogP contribution in [0, 0.1) is 5.82 Å². The Bertz CT molecular complexity index is 240. The van der Waals surface area contributed by atoms with Gasteiger partial charge >= 0.3 is 0 Å². The van der Waals surface area contributed by atoms with Crippen molar-refractivity contribution in [3.8, 4) is 0 Å². The summed E-state index contributed by atoms with van der Waals surface area (Å²) in [5.41, 5.74) is 6.56. The fourth-order valence-electron chi connectivity index (χ4n) is 0.973. The maximum atomic E-state index is 12.6. The fraction of sp³-hybridized carbons (Fsp3) is 0.333. The molecule has 0 spiro atoms. The molecular weight excluding hydrogens is 177 g/mol. The Hall–Kier alpha value is -0.600. The van der Waals surface area contributed by atoms with Crippen molar-refractivity contribution >= 4 is 12.4 Å². The van der Waals surface area contributed by atoms with E-state index in [4.69, 9.17) is 5.73 Å². The molecule has 12 heavy (non-hydrogen) atoms. The average molecular weight is 190 g/mol. The van der Waals surface area contributed by atoms with Crippen molar-refractivity contribution in [3.05, 3.63) is 35.6 Å². The number of hydrogen-bond donors (Lipinski definition) is 1. The van der Waals surface area contributed by atoms with E-state index < -0.39 is 0 Å². The van der Waals surface area contributed by atoms with Crippen LogP contribution in [0.1, 0.15) is 24.9 Å². The molecule has 68 valence electrons. The molecule has 1 unspecified atom stereocenters. The molecule has 0 saturated heterocycles. The number of hydrogen-bond acceptors (Lipinski definition) is 1. The minimum Gasteiger partial charge on any atom is -0.324 e. The van der Waals surface area contributed by atoms with Gasteiger partial charge in [0.1, 0.15) is 5.82 Å². The van der Waals surface area contributed by atoms with Crippen LogP contribution in [0.3, 0.4) is 0 Å². The molecule has 1 aromatic rings. The molecule has 0 saturated carbocycles. The SMILES string of the molecule is CCC(N)c1cccc(F)c1.Cl. The van der Waals surface area contributed by atoms with Gasteiger partial charge < -0.3 is 5.73 Å². The van der Waals surface area contributed by atoms with Gasteiger partial charge in [-0.05, 0) is 24.1 Å². The quantitative estimate of drug-likeness (QED) is 0.761. The lowest BCUT2D eigenvalue weighted by Crippen LogP contribution is -2.08.